The molecule has 0 fully saturated rings. The van der Waals surface area contributed by atoms with Crippen LogP contribution in [0, 0.1) is 0 Å². The van der Waals surface area contributed by atoms with E-state index < -0.39 is 0 Å². The Labute approximate surface area is 113 Å². The lowest BCUT2D eigenvalue weighted by molar-refractivity contribution is 0.338. The summed E-state index contributed by atoms with van der Waals surface area (Å²) in [5.41, 5.74) is 0. The van der Waals surface area contributed by atoms with Gasteiger partial charge in [0.05, 0.1) is 13.4 Å². The van der Waals surface area contributed by atoms with Crippen molar-refractivity contribution in [2.75, 3.05) is 7.11 Å². The van der Waals surface area contributed by atoms with Crippen molar-refractivity contribution in [3.05, 3.63) is 48.8 Å². The molecule has 0 saturated heterocycles. The van der Waals surface area contributed by atoms with Crippen molar-refractivity contribution in [1.82, 2.24) is 0 Å². The normalized spacial score (nSPS) is 12.6. The Morgan fingerprint density at radius 1 is 0.722 bits per heavy atom. The van der Waals surface area contributed by atoms with Gasteiger partial charge in [0, 0.05) is 0 Å². The van der Waals surface area contributed by atoms with Crippen LogP contribution >= 0.6 is 0 Å². The average molecular weight is 248 g/mol. The van der Waals surface area contributed by atoms with Crippen molar-refractivity contribution in [2.24, 2.45) is 0 Å². The van der Waals surface area contributed by atoms with Crippen molar-refractivity contribution in [2.45, 2.75) is 51.9 Å². The van der Waals surface area contributed by atoms with E-state index in [0.29, 0.717) is 0 Å². The minimum absolute atomic E-state index is 1.20. The zero-order valence-corrected chi connectivity index (χ0v) is 12.0. The quantitative estimate of drug-likeness (QED) is 0.264. The molecule has 0 radical (unpaired) electrons. The molecule has 0 aromatic heterocycles. The molecule has 1 nitrogen and oxygen atoms in total. The van der Waals surface area contributed by atoms with Gasteiger partial charge in [-0.05, 0) is 18.9 Å². The topological polar surface area (TPSA) is 9.23 Å². The standard InChI is InChI=1S/C17H28O/c1-3-4-5-6-7-8-9-10-11-12-13-14-15-16-17-18-2/h10-17H,3-9H2,1-2H3. The van der Waals surface area contributed by atoms with Crippen molar-refractivity contribution in [3.63, 3.8) is 0 Å². The number of methoxy groups -OCH3 is 1. The molecule has 0 amide bonds. The Kier molecular flexibility index (Phi) is 14.7. The minimum Gasteiger partial charge on any atom is -0.504 e. The van der Waals surface area contributed by atoms with Crippen LogP contribution in [0.15, 0.2) is 48.8 Å². The molecule has 0 aromatic rings. The van der Waals surface area contributed by atoms with Crippen LogP contribution in [0.1, 0.15) is 51.9 Å². The molecule has 0 heterocycles. The molecule has 0 spiro atoms. The van der Waals surface area contributed by atoms with E-state index in [1.54, 1.807) is 13.4 Å². The van der Waals surface area contributed by atoms with E-state index in [1.807, 2.05) is 24.3 Å². The zero-order valence-electron chi connectivity index (χ0n) is 12.0. The summed E-state index contributed by atoms with van der Waals surface area (Å²) in [6.45, 7) is 2.26. The summed E-state index contributed by atoms with van der Waals surface area (Å²) in [6, 6.07) is 0. The highest BCUT2D eigenvalue weighted by Gasteiger charge is 1.87. The van der Waals surface area contributed by atoms with Gasteiger partial charge in [-0.2, -0.15) is 0 Å². The molecule has 0 aliphatic carbocycles. The molecule has 0 aliphatic heterocycles. The monoisotopic (exact) mass is 248 g/mol. The largest absolute Gasteiger partial charge is 0.504 e. The molecule has 18 heavy (non-hydrogen) atoms. The van der Waals surface area contributed by atoms with Crippen molar-refractivity contribution >= 4 is 0 Å². The Balaban J connectivity index is 3.34. The van der Waals surface area contributed by atoms with Gasteiger partial charge in [-0.1, -0.05) is 75.5 Å². The average Bonchev–Trinajstić information content (AvgIpc) is 2.39. The third kappa shape index (κ3) is 14.8. The first-order valence-electron chi connectivity index (χ1n) is 7.09. The summed E-state index contributed by atoms with van der Waals surface area (Å²) in [5.74, 6) is 0. The van der Waals surface area contributed by atoms with Crippen LogP contribution in [0.3, 0.4) is 0 Å². The molecule has 0 saturated carbocycles. The highest BCUT2D eigenvalue weighted by molar-refractivity contribution is 5.14. The van der Waals surface area contributed by atoms with E-state index >= 15 is 0 Å². The van der Waals surface area contributed by atoms with Crippen LogP contribution in [-0.4, -0.2) is 7.11 Å². The molecule has 0 bridgehead atoms. The fraction of sp³-hybridized carbons (Fsp3) is 0.529. The third-order valence-electron chi connectivity index (χ3n) is 2.63. The maximum atomic E-state index is 4.78. The van der Waals surface area contributed by atoms with E-state index in [2.05, 4.69) is 25.2 Å². The summed E-state index contributed by atoms with van der Waals surface area (Å²) in [4.78, 5) is 0. The van der Waals surface area contributed by atoms with Crippen molar-refractivity contribution in [3.8, 4) is 0 Å². The van der Waals surface area contributed by atoms with Gasteiger partial charge < -0.3 is 4.74 Å². The third-order valence-corrected chi connectivity index (χ3v) is 2.63. The number of ether oxygens (including phenoxy) is 1. The van der Waals surface area contributed by atoms with Gasteiger partial charge >= 0.3 is 0 Å². The number of hydrogen-bond donors (Lipinski definition) is 0. The Morgan fingerprint density at radius 2 is 1.33 bits per heavy atom. The van der Waals surface area contributed by atoms with Crippen LogP contribution < -0.4 is 0 Å². The van der Waals surface area contributed by atoms with Gasteiger partial charge in [0.25, 0.3) is 0 Å². The second-order valence-corrected chi connectivity index (χ2v) is 4.32. The van der Waals surface area contributed by atoms with Crippen LogP contribution in [0.25, 0.3) is 0 Å². The van der Waals surface area contributed by atoms with E-state index in [1.165, 1.54) is 44.9 Å². The molecule has 0 atom stereocenters. The summed E-state index contributed by atoms with van der Waals surface area (Å²) in [6.07, 6.45) is 25.3. The van der Waals surface area contributed by atoms with E-state index in [-0.39, 0.29) is 0 Å². The smallest absolute Gasteiger partial charge is 0.0824 e. The first kappa shape index (κ1) is 16.8. The molecular weight excluding hydrogens is 220 g/mol. The maximum Gasteiger partial charge on any atom is 0.0824 e. The fourth-order valence-corrected chi connectivity index (χ4v) is 1.60. The second-order valence-electron chi connectivity index (χ2n) is 4.32. The van der Waals surface area contributed by atoms with E-state index in [9.17, 15) is 0 Å². The Morgan fingerprint density at radius 3 is 2.06 bits per heavy atom. The Hall–Kier alpha value is -1.24. The maximum absolute atomic E-state index is 4.78. The summed E-state index contributed by atoms with van der Waals surface area (Å²) < 4.78 is 4.78. The van der Waals surface area contributed by atoms with E-state index in [0.717, 1.165) is 0 Å². The van der Waals surface area contributed by atoms with Crippen LogP contribution in [0.4, 0.5) is 0 Å². The van der Waals surface area contributed by atoms with Crippen molar-refractivity contribution in [1.29, 1.82) is 0 Å². The van der Waals surface area contributed by atoms with Gasteiger partial charge in [0.1, 0.15) is 0 Å². The molecule has 102 valence electrons. The molecule has 0 unspecified atom stereocenters. The lowest BCUT2D eigenvalue weighted by atomic mass is 10.1. The van der Waals surface area contributed by atoms with Crippen LogP contribution in [0.5, 0.6) is 0 Å². The first-order valence-corrected chi connectivity index (χ1v) is 7.09. The molecule has 1 heteroatoms. The van der Waals surface area contributed by atoms with Gasteiger partial charge in [-0.3, -0.25) is 0 Å². The van der Waals surface area contributed by atoms with Gasteiger partial charge in [0.15, 0.2) is 0 Å². The second kappa shape index (κ2) is 15.8. The lowest BCUT2D eigenvalue weighted by Gasteiger charge is -1.97. The summed E-state index contributed by atoms with van der Waals surface area (Å²) in [5, 5.41) is 0. The molecular formula is C17H28O. The van der Waals surface area contributed by atoms with Gasteiger partial charge in [-0.15, -0.1) is 0 Å². The molecule has 0 rings (SSSR count). The zero-order chi connectivity index (χ0) is 13.3. The SMILES string of the molecule is CCCCCCCCC=CC=CC=CC=COC. The predicted molar refractivity (Wildman–Crippen MR) is 81.6 cm³/mol. The van der Waals surface area contributed by atoms with Crippen LogP contribution in [-0.2, 0) is 4.74 Å². The molecule has 0 aliphatic rings. The van der Waals surface area contributed by atoms with Gasteiger partial charge in [0.2, 0.25) is 0 Å². The minimum atomic E-state index is 1.20. The molecule has 0 aromatic carbocycles. The fourth-order valence-electron chi connectivity index (χ4n) is 1.60. The van der Waals surface area contributed by atoms with Crippen LogP contribution in [0.2, 0.25) is 0 Å². The lowest BCUT2D eigenvalue weighted by Crippen LogP contribution is -1.77. The Bertz CT molecular complexity index is 259. The number of allylic oxidation sites excluding steroid dienone is 7. The van der Waals surface area contributed by atoms with Crippen molar-refractivity contribution < 1.29 is 4.74 Å². The van der Waals surface area contributed by atoms with Gasteiger partial charge in [-0.25, -0.2) is 0 Å². The highest BCUT2D eigenvalue weighted by Crippen LogP contribution is 2.07. The predicted octanol–water partition coefficient (Wildman–Crippen LogP) is 5.57. The number of unbranched alkanes of at least 4 members (excludes halogenated alkanes) is 6. The first-order chi connectivity index (χ1) is 8.91. The summed E-state index contributed by atoms with van der Waals surface area (Å²) >= 11 is 0. The number of rotatable bonds is 11. The molecule has 0 N–H and O–H groups in total. The highest BCUT2D eigenvalue weighted by atomic mass is 16.5. The number of hydrogen-bond acceptors (Lipinski definition) is 1. The van der Waals surface area contributed by atoms with E-state index in [4.69, 9.17) is 4.74 Å². The summed E-state index contributed by atoms with van der Waals surface area (Å²) in [7, 11) is 1.64.